The Kier molecular flexibility index (Phi) is 6.49. The van der Waals surface area contributed by atoms with Crippen LogP contribution in [-0.2, 0) is 19.7 Å². The molecule has 6 nitrogen and oxygen atoms in total. The van der Waals surface area contributed by atoms with Gasteiger partial charge in [-0.05, 0) is 35.0 Å². The second-order valence-electron chi connectivity index (χ2n) is 6.29. The van der Waals surface area contributed by atoms with Gasteiger partial charge in [-0.1, -0.05) is 0 Å². The van der Waals surface area contributed by atoms with Crippen molar-refractivity contribution in [3.05, 3.63) is 69.4 Å². The topological polar surface area (TPSA) is 60.5 Å². The van der Waals surface area contributed by atoms with E-state index in [9.17, 15) is 22.4 Å². The highest BCUT2D eigenvalue weighted by molar-refractivity contribution is 9.10. The van der Waals surface area contributed by atoms with E-state index in [0.717, 1.165) is 4.47 Å². The monoisotopic (exact) mass is 489 g/mol. The molecule has 0 saturated heterocycles. The van der Waals surface area contributed by atoms with Gasteiger partial charge >= 0.3 is 0 Å². The predicted octanol–water partition coefficient (Wildman–Crippen LogP) is 4.67. The molecule has 0 unspecified atom stereocenters. The Bertz CT molecular complexity index is 1060. The van der Waals surface area contributed by atoms with E-state index in [-0.39, 0.29) is 24.1 Å². The van der Waals surface area contributed by atoms with Gasteiger partial charge in [0, 0.05) is 25.9 Å². The summed E-state index contributed by atoms with van der Waals surface area (Å²) in [6, 6.07) is 2.79. The van der Waals surface area contributed by atoms with Crippen LogP contribution >= 0.6 is 15.9 Å². The third kappa shape index (κ3) is 4.50. The summed E-state index contributed by atoms with van der Waals surface area (Å²) in [5.41, 5.74) is 0.655. The lowest BCUT2D eigenvalue weighted by Crippen LogP contribution is -2.26. The number of nitrogens with zero attached hydrogens (tertiary/aromatic N) is 3. The molecule has 0 radical (unpaired) electrons. The average Bonchev–Trinajstić information content (AvgIpc) is 3.32. The third-order valence-electron chi connectivity index (χ3n) is 4.15. The average molecular weight is 490 g/mol. The smallest absolute Gasteiger partial charge is 0.289 e. The van der Waals surface area contributed by atoms with Gasteiger partial charge in [0.15, 0.2) is 23.1 Å². The van der Waals surface area contributed by atoms with Gasteiger partial charge in [0.25, 0.3) is 5.91 Å². The van der Waals surface area contributed by atoms with Gasteiger partial charge in [0.2, 0.25) is 11.6 Å². The van der Waals surface area contributed by atoms with Crippen LogP contribution in [0.25, 0.3) is 0 Å². The van der Waals surface area contributed by atoms with Crippen molar-refractivity contribution in [2.24, 2.45) is 0 Å². The van der Waals surface area contributed by atoms with Gasteiger partial charge in [-0.2, -0.15) is 13.9 Å². The molecule has 0 saturated carbocycles. The minimum absolute atomic E-state index is 0.0339. The molecule has 160 valence electrons. The summed E-state index contributed by atoms with van der Waals surface area (Å²) >= 11 is 3.38. The molecule has 0 spiro atoms. The molecule has 3 rings (SSSR count). The summed E-state index contributed by atoms with van der Waals surface area (Å²) in [5, 5.41) is 4.34. The SMILES string of the molecule is CCn1cc(Br)c(CN(C)C(=O)c2ccc(COc3c(F)c(F)cc(F)c3F)o2)n1. The molecule has 0 aliphatic rings. The first kappa shape index (κ1) is 21.9. The number of hydrogen-bond donors (Lipinski definition) is 0. The van der Waals surface area contributed by atoms with Crippen molar-refractivity contribution in [3.8, 4) is 5.75 Å². The maximum Gasteiger partial charge on any atom is 0.289 e. The first-order valence-electron chi connectivity index (χ1n) is 8.73. The minimum Gasteiger partial charge on any atom is -0.479 e. The standard InChI is InChI=1S/C19H16BrF4N3O3/c1-3-27-7-11(20)14(25-27)8-26(2)19(28)15-5-4-10(30-15)9-29-18-16(23)12(21)6-13(22)17(18)24/h4-7H,3,8-9H2,1-2H3. The fraction of sp³-hybridized carbons (Fsp3) is 0.263. The molecule has 0 aliphatic heterocycles. The number of rotatable bonds is 7. The first-order valence-corrected chi connectivity index (χ1v) is 9.52. The summed E-state index contributed by atoms with van der Waals surface area (Å²) in [5.74, 6) is -8.17. The number of aryl methyl sites for hydroxylation is 1. The van der Waals surface area contributed by atoms with E-state index in [0.29, 0.717) is 12.2 Å². The van der Waals surface area contributed by atoms with Crippen molar-refractivity contribution in [2.45, 2.75) is 26.6 Å². The van der Waals surface area contributed by atoms with E-state index >= 15 is 0 Å². The Morgan fingerprint density at radius 1 is 1.23 bits per heavy atom. The highest BCUT2D eigenvalue weighted by Gasteiger charge is 2.22. The number of carbonyl (C=O) groups is 1. The quantitative estimate of drug-likeness (QED) is 0.357. The summed E-state index contributed by atoms with van der Waals surface area (Å²) in [6.45, 7) is 2.27. The van der Waals surface area contributed by atoms with Crippen molar-refractivity contribution >= 4 is 21.8 Å². The van der Waals surface area contributed by atoms with Crippen molar-refractivity contribution < 1.29 is 31.5 Å². The largest absolute Gasteiger partial charge is 0.479 e. The third-order valence-corrected chi connectivity index (χ3v) is 4.81. The molecule has 0 aliphatic carbocycles. The molecule has 3 aromatic rings. The zero-order valence-electron chi connectivity index (χ0n) is 15.9. The fourth-order valence-electron chi connectivity index (χ4n) is 2.58. The van der Waals surface area contributed by atoms with E-state index < -0.39 is 41.5 Å². The number of amides is 1. The lowest BCUT2D eigenvalue weighted by molar-refractivity contribution is 0.0746. The van der Waals surface area contributed by atoms with E-state index in [1.54, 1.807) is 17.9 Å². The molecule has 0 N–H and O–H groups in total. The van der Waals surface area contributed by atoms with Crippen LogP contribution < -0.4 is 4.74 Å². The molecule has 30 heavy (non-hydrogen) atoms. The summed E-state index contributed by atoms with van der Waals surface area (Å²) in [4.78, 5) is 13.9. The maximum atomic E-state index is 13.6. The van der Waals surface area contributed by atoms with Crippen LogP contribution in [-0.4, -0.2) is 27.6 Å². The normalized spacial score (nSPS) is 11.0. The Morgan fingerprint density at radius 3 is 2.50 bits per heavy atom. The molecule has 2 heterocycles. The van der Waals surface area contributed by atoms with Crippen molar-refractivity contribution in [1.29, 1.82) is 0 Å². The number of aromatic nitrogens is 2. The lowest BCUT2D eigenvalue weighted by atomic mass is 10.3. The predicted molar refractivity (Wildman–Crippen MR) is 101 cm³/mol. The summed E-state index contributed by atoms with van der Waals surface area (Å²) < 4.78 is 66.4. The van der Waals surface area contributed by atoms with E-state index in [1.807, 2.05) is 6.92 Å². The molecule has 2 aromatic heterocycles. The van der Waals surface area contributed by atoms with Gasteiger partial charge in [-0.25, -0.2) is 8.78 Å². The number of benzene rings is 1. The zero-order chi connectivity index (χ0) is 22.0. The molecular formula is C19H16BrF4N3O3. The lowest BCUT2D eigenvalue weighted by Gasteiger charge is -2.14. The highest BCUT2D eigenvalue weighted by Crippen LogP contribution is 2.27. The molecule has 0 bridgehead atoms. The molecule has 11 heteroatoms. The van der Waals surface area contributed by atoms with E-state index in [4.69, 9.17) is 9.15 Å². The van der Waals surface area contributed by atoms with Crippen LogP contribution in [0.4, 0.5) is 17.6 Å². The molecule has 1 amide bonds. The van der Waals surface area contributed by atoms with Gasteiger partial charge in [-0.15, -0.1) is 0 Å². The van der Waals surface area contributed by atoms with Gasteiger partial charge in [-0.3, -0.25) is 9.48 Å². The summed E-state index contributed by atoms with van der Waals surface area (Å²) in [6.07, 6.45) is 1.80. The van der Waals surface area contributed by atoms with Gasteiger partial charge in [0.05, 0.1) is 16.7 Å². The van der Waals surface area contributed by atoms with E-state index in [2.05, 4.69) is 21.0 Å². The Hall–Kier alpha value is -2.82. The second-order valence-corrected chi connectivity index (χ2v) is 7.15. The summed E-state index contributed by atoms with van der Waals surface area (Å²) in [7, 11) is 1.55. The second kappa shape index (κ2) is 8.90. The van der Waals surface area contributed by atoms with Crippen LogP contribution in [0.2, 0.25) is 0 Å². The van der Waals surface area contributed by atoms with Gasteiger partial charge < -0.3 is 14.1 Å². The first-order chi connectivity index (χ1) is 14.2. The fourth-order valence-corrected chi connectivity index (χ4v) is 3.02. The van der Waals surface area contributed by atoms with Crippen LogP contribution in [0, 0.1) is 23.3 Å². The van der Waals surface area contributed by atoms with Crippen molar-refractivity contribution in [3.63, 3.8) is 0 Å². The van der Waals surface area contributed by atoms with Crippen LogP contribution in [0.15, 0.2) is 33.3 Å². The highest BCUT2D eigenvalue weighted by atomic mass is 79.9. The van der Waals surface area contributed by atoms with E-state index in [1.165, 1.54) is 17.0 Å². The Morgan fingerprint density at radius 2 is 1.90 bits per heavy atom. The zero-order valence-corrected chi connectivity index (χ0v) is 17.5. The minimum atomic E-state index is -1.66. The Balaban J connectivity index is 1.67. The number of ether oxygens (including phenoxy) is 1. The van der Waals surface area contributed by atoms with Gasteiger partial charge in [0.1, 0.15) is 12.4 Å². The number of hydrogen-bond acceptors (Lipinski definition) is 4. The van der Waals surface area contributed by atoms with Crippen LogP contribution in [0.5, 0.6) is 5.75 Å². The number of halogens is 5. The molecular weight excluding hydrogens is 474 g/mol. The van der Waals surface area contributed by atoms with Crippen LogP contribution in [0.3, 0.4) is 0 Å². The molecule has 0 atom stereocenters. The van der Waals surface area contributed by atoms with Crippen LogP contribution in [0.1, 0.15) is 28.9 Å². The molecule has 1 aromatic carbocycles. The number of furan rings is 1. The van der Waals surface area contributed by atoms with Crippen molar-refractivity contribution in [1.82, 2.24) is 14.7 Å². The Labute approximate surface area is 177 Å². The number of carbonyl (C=O) groups excluding carboxylic acids is 1. The molecule has 0 fully saturated rings. The maximum absolute atomic E-state index is 13.6. The van der Waals surface area contributed by atoms with Crippen molar-refractivity contribution in [2.75, 3.05) is 7.05 Å².